The first-order valence-electron chi connectivity index (χ1n) is 6.17. The molecule has 17 heavy (non-hydrogen) atoms. The van der Waals surface area contributed by atoms with Gasteiger partial charge in [0.15, 0.2) is 5.82 Å². The summed E-state index contributed by atoms with van der Waals surface area (Å²) >= 11 is 0. The highest BCUT2D eigenvalue weighted by Gasteiger charge is 2.19. The van der Waals surface area contributed by atoms with Crippen LogP contribution in [0.1, 0.15) is 57.8 Å². The van der Waals surface area contributed by atoms with E-state index in [1.54, 1.807) is 4.68 Å². The second-order valence-corrected chi connectivity index (χ2v) is 4.18. The third kappa shape index (κ3) is 4.13. The molecule has 1 heterocycles. The van der Waals surface area contributed by atoms with Crippen LogP contribution in [-0.4, -0.2) is 31.3 Å². The molecule has 0 fully saturated rings. The van der Waals surface area contributed by atoms with Crippen molar-refractivity contribution in [3.8, 4) is 0 Å². The average molecular weight is 240 g/mol. The van der Waals surface area contributed by atoms with E-state index in [2.05, 4.69) is 22.4 Å². The molecule has 6 heteroatoms. The molecule has 0 saturated heterocycles. The van der Waals surface area contributed by atoms with Crippen molar-refractivity contribution < 1.29 is 9.90 Å². The minimum atomic E-state index is -0.805. The van der Waals surface area contributed by atoms with Crippen LogP contribution < -0.4 is 0 Å². The summed E-state index contributed by atoms with van der Waals surface area (Å²) in [6, 6.07) is -0.126. The van der Waals surface area contributed by atoms with Crippen LogP contribution in [0.3, 0.4) is 0 Å². The molecule has 1 rings (SSSR count). The summed E-state index contributed by atoms with van der Waals surface area (Å²) in [7, 11) is 0. The fraction of sp³-hybridized carbons (Fsp3) is 0.818. The summed E-state index contributed by atoms with van der Waals surface area (Å²) in [5.74, 6) is -0.00746. The SMILES string of the molecule is CCCCc1nnnn1C(CCC)CC(=O)O. The number of hydrogen-bond donors (Lipinski definition) is 1. The summed E-state index contributed by atoms with van der Waals surface area (Å²) in [4.78, 5) is 10.8. The first kappa shape index (κ1) is 13.6. The van der Waals surface area contributed by atoms with Crippen LogP contribution in [0.15, 0.2) is 0 Å². The highest BCUT2D eigenvalue weighted by molar-refractivity contribution is 5.67. The maximum absolute atomic E-state index is 10.8. The van der Waals surface area contributed by atoms with Crippen molar-refractivity contribution in [2.24, 2.45) is 0 Å². The number of tetrazole rings is 1. The minimum Gasteiger partial charge on any atom is -0.481 e. The second-order valence-electron chi connectivity index (χ2n) is 4.18. The highest BCUT2D eigenvalue weighted by atomic mass is 16.4. The molecule has 6 nitrogen and oxygen atoms in total. The van der Waals surface area contributed by atoms with Crippen LogP contribution in [0.5, 0.6) is 0 Å². The van der Waals surface area contributed by atoms with Crippen LogP contribution in [-0.2, 0) is 11.2 Å². The van der Waals surface area contributed by atoms with E-state index in [1.807, 2.05) is 6.92 Å². The highest BCUT2D eigenvalue weighted by Crippen LogP contribution is 2.18. The molecule has 0 radical (unpaired) electrons. The van der Waals surface area contributed by atoms with Crippen LogP contribution in [0, 0.1) is 0 Å². The van der Waals surface area contributed by atoms with Crippen molar-refractivity contribution in [1.82, 2.24) is 20.2 Å². The van der Waals surface area contributed by atoms with Gasteiger partial charge in [-0.25, -0.2) is 4.68 Å². The third-order valence-electron chi connectivity index (χ3n) is 2.69. The largest absolute Gasteiger partial charge is 0.481 e. The Kier molecular flexibility index (Phi) is 5.59. The number of aliphatic carboxylic acids is 1. The van der Waals surface area contributed by atoms with Crippen molar-refractivity contribution >= 4 is 5.97 Å². The molecule has 1 unspecified atom stereocenters. The predicted molar refractivity (Wildman–Crippen MR) is 62.6 cm³/mol. The van der Waals surface area contributed by atoms with Crippen molar-refractivity contribution in [1.29, 1.82) is 0 Å². The lowest BCUT2D eigenvalue weighted by atomic mass is 10.1. The number of carboxylic acid groups (broad SMARTS) is 1. The van der Waals surface area contributed by atoms with Gasteiger partial charge in [0.05, 0.1) is 12.5 Å². The van der Waals surface area contributed by atoms with E-state index < -0.39 is 5.97 Å². The van der Waals surface area contributed by atoms with Gasteiger partial charge in [0.25, 0.3) is 0 Å². The molecule has 1 atom stereocenters. The Morgan fingerprint density at radius 3 is 2.76 bits per heavy atom. The Bertz CT molecular complexity index is 351. The average Bonchev–Trinajstić information content (AvgIpc) is 2.73. The molecular formula is C11H20N4O2. The monoisotopic (exact) mass is 240 g/mol. The van der Waals surface area contributed by atoms with E-state index in [0.29, 0.717) is 0 Å². The van der Waals surface area contributed by atoms with Gasteiger partial charge in [-0.1, -0.05) is 26.7 Å². The summed E-state index contributed by atoms with van der Waals surface area (Å²) in [5, 5.41) is 20.5. The lowest BCUT2D eigenvalue weighted by Gasteiger charge is -2.15. The first-order chi connectivity index (χ1) is 8.19. The van der Waals surface area contributed by atoms with Crippen LogP contribution in [0.25, 0.3) is 0 Å². The maximum Gasteiger partial charge on any atom is 0.305 e. The fourth-order valence-electron chi connectivity index (χ4n) is 1.84. The number of carbonyl (C=O) groups is 1. The minimum absolute atomic E-state index is 0.0814. The van der Waals surface area contributed by atoms with E-state index in [1.165, 1.54) is 0 Å². The number of hydrogen-bond acceptors (Lipinski definition) is 4. The van der Waals surface area contributed by atoms with Crippen LogP contribution >= 0.6 is 0 Å². The van der Waals surface area contributed by atoms with Crippen molar-refractivity contribution in [3.05, 3.63) is 5.82 Å². The van der Waals surface area contributed by atoms with Crippen molar-refractivity contribution in [2.75, 3.05) is 0 Å². The zero-order chi connectivity index (χ0) is 12.7. The normalized spacial score (nSPS) is 12.6. The van der Waals surface area contributed by atoms with E-state index >= 15 is 0 Å². The van der Waals surface area contributed by atoms with Gasteiger partial charge in [0.2, 0.25) is 0 Å². The molecule has 1 N–H and O–H groups in total. The van der Waals surface area contributed by atoms with E-state index in [0.717, 1.165) is 37.9 Å². The van der Waals surface area contributed by atoms with Crippen LogP contribution in [0.2, 0.25) is 0 Å². The molecule has 96 valence electrons. The number of carboxylic acids is 1. The molecule has 0 saturated carbocycles. The van der Waals surface area contributed by atoms with E-state index in [9.17, 15) is 4.79 Å². The molecule has 0 aliphatic heterocycles. The smallest absolute Gasteiger partial charge is 0.305 e. The second kappa shape index (κ2) is 6.98. The quantitative estimate of drug-likeness (QED) is 0.749. The number of nitrogens with zero attached hydrogens (tertiary/aromatic N) is 4. The molecule has 0 amide bonds. The third-order valence-corrected chi connectivity index (χ3v) is 2.69. The van der Waals surface area contributed by atoms with Gasteiger partial charge in [-0.2, -0.15) is 0 Å². The Morgan fingerprint density at radius 1 is 1.41 bits per heavy atom. The fourth-order valence-corrected chi connectivity index (χ4v) is 1.84. The summed E-state index contributed by atoms with van der Waals surface area (Å²) in [6.07, 6.45) is 4.69. The van der Waals surface area contributed by atoms with Gasteiger partial charge in [-0.05, 0) is 23.3 Å². The molecule has 0 aliphatic rings. The molecule has 0 aromatic carbocycles. The van der Waals surface area contributed by atoms with Gasteiger partial charge in [0.1, 0.15) is 0 Å². The van der Waals surface area contributed by atoms with Gasteiger partial charge in [-0.3, -0.25) is 4.79 Å². The van der Waals surface area contributed by atoms with Gasteiger partial charge < -0.3 is 5.11 Å². The Balaban J connectivity index is 2.77. The van der Waals surface area contributed by atoms with Gasteiger partial charge in [-0.15, -0.1) is 5.10 Å². The molecule has 1 aromatic rings. The predicted octanol–water partition coefficient (Wildman–Crippen LogP) is 1.83. The molecule has 1 aromatic heterocycles. The van der Waals surface area contributed by atoms with E-state index in [-0.39, 0.29) is 12.5 Å². The van der Waals surface area contributed by atoms with Crippen molar-refractivity contribution in [3.63, 3.8) is 0 Å². The van der Waals surface area contributed by atoms with Gasteiger partial charge in [0, 0.05) is 6.42 Å². The lowest BCUT2D eigenvalue weighted by molar-refractivity contribution is -0.138. The molecule has 0 spiro atoms. The maximum atomic E-state index is 10.8. The number of aromatic nitrogens is 4. The Morgan fingerprint density at radius 2 is 2.18 bits per heavy atom. The lowest BCUT2D eigenvalue weighted by Crippen LogP contribution is -2.17. The standard InChI is InChI=1S/C11H20N4O2/c1-3-5-7-10-12-13-14-15(10)9(6-4-2)8-11(16)17/h9H,3-8H2,1-2H3,(H,16,17). The Hall–Kier alpha value is -1.46. The number of rotatable bonds is 8. The molecule has 0 aliphatic carbocycles. The zero-order valence-corrected chi connectivity index (χ0v) is 10.5. The summed E-state index contributed by atoms with van der Waals surface area (Å²) < 4.78 is 1.69. The molecular weight excluding hydrogens is 220 g/mol. The Labute approximate surface area is 101 Å². The molecule has 0 bridgehead atoms. The summed E-state index contributed by atoms with van der Waals surface area (Å²) in [6.45, 7) is 4.14. The zero-order valence-electron chi connectivity index (χ0n) is 10.5. The van der Waals surface area contributed by atoms with Gasteiger partial charge >= 0.3 is 5.97 Å². The topological polar surface area (TPSA) is 80.9 Å². The first-order valence-corrected chi connectivity index (χ1v) is 6.17. The summed E-state index contributed by atoms with van der Waals surface area (Å²) in [5.41, 5.74) is 0. The number of unbranched alkanes of at least 4 members (excludes halogenated alkanes) is 1. The van der Waals surface area contributed by atoms with Crippen molar-refractivity contribution in [2.45, 2.75) is 58.4 Å². The van der Waals surface area contributed by atoms with E-state index in [4.69, 9.17) is 5.11 Å². The van der Waals surface area contributed by atoms with Crippen LogP contribution in [0.4, 0.5) is 0 Å². The number of aryl methyl sites for hydroxylation is 1.